The van der Waals surface area contributed by atoms with Gasteiger partial charge in [-0.05, 0) is 17.5 Å². The Bertz CT molecular complexity index is 964. The topological polar surface area (TPSA) is 83.7 Å². The average molecular weight is 396 g/mol. The van der Waals surface area contributed by atoms with Crippen LogP contribution in [0.2, 0.25) is 0 Å². The third kappa shape index (κ3) is 5.13. The van der Waals surface area contributed by atoms with Crippen molar-refractivity contribution in [3.63, 3.8) is 0 Å². The molecule has 29 heavy (non-hydrogen) atoms. The number of methoxy groups -OCH3 is 2. The third-order valence-corrected chi connectivity index (χ3v) is 4.49. The van der Waals surface area contributed by atoms with Crippen molar-refractivity contribution >= 4 is 5.97 Å². The van der Waals surface area contributed by atoms with Gasteiger partial charge < -0.3 is 18.7 Å². The standard InChI is InChI=1S/C22H24N2O5/c1-14(2)15-5-7-16(8-6-15)22-23-20(29-24-22)13-28-21(25)11-17-9-10-18(26-3)12-19(17)27-4/h5-10,12,14H,11,13H2,1-4H3. The highest BCUT2D eigenvalue weighted by Gasteiger charge is 2.14. The maximum absolute atomic E-state index is 12.2. The van der Waals surface area contributed by atoms with Gasteiger partial charge in [-0.25, -0.2) is 0 Å². The lowest BCUT2D eigenvalue weighted by molar-refractivity contribution is -0.144. The van der Waals surface area contributed by atoms with Gasteiger partial charge in [0.2, 0.25) is 5.82 Å². The molecule has 0 aliphatic rings. The van der Waals surface area contributed by atoms with E-state index in [4.69, 9.17) is 18.7 Å². The molecule has 0 aliphatic carbocycles. The summed E-state index contributed by atoms with van der Waals surface area (Å²) in [6, 6.07) is 13.2. The Morgan fingerprint density at radius 2 is 1.83 bits per heavy atom. The Hall–Kier alpha value is -3.35. The smallest absolute Gasteiger partial charge is 0.310 e. The molecule has 0 fully saturated rings. The largest absolute Gasteiger partial charge is 0.497 e. The molecule has 2 aromatic carbocycles. The number of hydrogen-bond acceptors (Lipinski definition) is 7. The van der Waals surface area contributed by atoms with Gasteiger partial charge >= 0.3 is 5.97 Å². The third-order valence-electron chi connectivity index (χ3n) is 4.49. The maximum Gasteiger partial charge on any atom is 0.310 e. The highest BCUT2D eigenvalue weighted by Crippen LogP contribution is 2.25. The van der Waals surface area contributed by atoms with Crippen LogP contribution in [0, 0.1) is 0 Å². The summed E-state index contributed by atoms with van der Waals surface area (Å²) in [5.41, 5.74) is 2.79. The highest BCUT2D eigenvalue weighted by atomic mass is 16.6. The normalized spacial score (nSPS) is 10.8. The van der Waals surface area contributed by atoms with Crippen molar-refractivity contribution in [3.8, 4) is 22.9 Å². The SMILES string of the molecule is COc1ccc(CC(=O)OCc2nc(-c3ccc(C(C)C)cc3)no2)c(OC)c1. The number of carbonyl (C=O) groups excluding carboxylic acids is 1. The molecule has 0 radical (unpaired) electrons. The van der Waals surface area contributed by atoms with Crippen LogP contribution in [-0.4, -0.2) is 30.3 Å². The number of rotatable bonds is 8. The molecule has 7 heteroatoms. The van der Waals surface area contributed by atoms with Crippen molar-refractivity contribution in [2.24, 2.45) is 0 Å². The van der Waals surface area contributed by atoms with Crippen LogP contribution in [0.5, 0.6) is 11.5 Å². The number of hydrogen-bond donors (Lipinski definition) is 0. The molecule has 1 heterocycles. The summed E-state index contributed by atoms with van der Waals surface area (Å²) in [5, 5.41) is 3.96. The maximum atomic E-state index is 12.2. The fourth-order valence-electron chi connectivity index (χ4n) is 2.79. The summed E-state index contributed by atoms with van der Waals surface area (Å²) in [7, 11) is 3.11. The van der Waals surface area contributed by atoms with Crippen molar-refractivity contribution in [3.05, 3.63) is 59.5 Å². The van der Waals surface area contributed by atoms with Gasteiger partial charge in [-0.15, -0.1) is 0 Å². The number of carbonyl (C=O) groups is 1. The van der Waals surface area contributed by atoms with Crippen LogP contribution >= 0.6 is 0 Å². The number of aromatic nitrogens is 2. The lowest BCUT2D eigenvalue weighted by Crippen LogP contribution is -2.09. The van der Waals surface area contributed by atoms with E-state index in [2.05, 4.69) is 24.0 Å². The van der Waals surface area contributed by atoms with Gasteiger partial charge in [0.15, 0.2) is 6.61 Å². The van der Waals surface area contributed by atoms with E-state index >= 15 is 0 Å². The van der Waals surface area contributed by atoms with Crippen LogP contribution in [0.15, 0.2) is 47.0 Å². The van der Waals surface area contributed by atoms with E-state index in [1.54, 1.807) is 25.3 Å². The fraction of sp³-hybridized carbons (Fsp3) is 0.318. The molecule has 0 atom stereocenters. The zero-order valence-electron chi connectivity index (χ0n) is 17.0. The first-order valence-corrected chi connectivity index (χ1v) is 9.29. The molecular formula is C22H24N2O5. The zero-order valence-corrected chi connectivity index (χ0v) is 17.0. The molecule has 152 valence electrons. The second kappa shape index (κ2) is 9.23. The lowest BCUT2D eigenvalue weighted by atomic mass is 10.0. The van der Waals surface area contributed by atoms with Crippen molar-refractivity contribution < 1.29 is 23.5 Å². The first-order valence-electron chi connectivity index (χ1n) is 9.29. The van der Waals surface area contributed by atoms with Gasteiger partial charge in [0, 0.05) is 17.2 Å². The van der Waals surface area contributed by atoms with Crippen LogP contribution in [0.25, 0.3) is 11.4 Å². The van der Waals surface area contributed by atoms with Crippen LogP contribution < -0.4 is 9.47 Å². The molecule has 1 aromatic heterocycles. The van der Waals surface area contributed by atoms with E-state index in [9.17, 15) is 4.79 Å². The van der Waals surface area contributed by atoms with Gasteiger partial charge in [0.05, 0.1) is 20.6 Å². The molecule has 0 saturated heterocycles. The summed E-state index contributed by atoms with van der Waals surface area (Å²) in [6.07, 6.45) is 0.0603. The van der Waals surface area contributed by atoms with Gasteiger partial charge in [0.1, 0.15) is 11.5 Å². The number of nitrogens with zero attached hydrogens (tertiary/aromatic N) is 2. The molecule has 7 nitrogen and oxygen atoms in total. The Balaban J connectivity index is 1.59. The first-order chi connectivity index (χ1) is 14.0. The molecule has 0 amide bonds. The van der Waals surface area contributed by atoms with E-state index in [1.165, 1.54) is 12.7 Å². The monoisotopic (exact) mass is 396 g/mol. The molecule has 0 spiro atoms. The van der Waals surface area contributed by atoms with Gasteiger partial charge in [-0.1, -0.05) is 49.3 Å². The van der Waals surface area contributed by atoms with E-state index in [0.29, 0.717) is 28.8 Å². The first kappa shape index (κ1) is 20.4. The van der Waals surface area contributed by atoms with Crippen molar-refractivity contribution in [2.75, 3.05) is 14.2 Å². The molecular weight excluding hydrogens is 372 g/mol. The minimum absolute atomic E-state index is 0.0603. The Kier molecular flexibility index (Phi) is 6.49. The molecule has 3 aromatic rings. The van der Waals surface area contributed by atoms with Gasteiger partial charge in [-0.2, -0.15) is 4.98 Å². The quantitative estimate of drug-likeness (QED) is 0.529. The van der Waals surface area contributed by atoms with Crippen LogP contribution in [0.3, 0.4) is 0 Å². The summed E-state index contributed by atoms with van der Waals surface area (Å²) < 4.78 is 20.9. The van der Waals surface area contributed by atoms with Crippen molar-refractivity contribution in [2.45, 2.75) is 32.8 Å². The molecule has 0 N–H and O–H groups in total. The Morgan fingerprint density at radius 1 is 1.07 bits per heavy atom. The molecule has 0 aliphatic heterocycles. The van der Waals surface area contributed by atoms with Crippen molar-refractivity contribution in [1.29, 1.82) is 0 Å². The predicted molar refractivity (Wildman–Crippen MR) is 107 cm³/mol. The zero-order chi connectivity index (χ0) is 20.8. The fourth-order valence-corrected chi connectivity index (χ4v) is 2.79. The van der Waals surface area contributed by atoms with Crippen LogP contribution in [-0.2, 0) is 22.6 Å². The van der Waals surface area contributed by atoms with Crippen molar-refractivity contribution in [1.82, 2.24) is 10.1 Å². The summed E-state index contributed by atoms with van der Waals surface area (Å²) in [6.45, 7) is 4.18. The average Bonchev–Trinajstić information content (AvgIpc) is 3.21. The number of esters is 1. The second-order valence-corrected chi connectivity index (χ2v) is 6.80. The summed E-state index contributed by atoms with van der Waals surface area (Å²) in [5.74, 6) is 1.94. The van der Waals surface area contributed by atoms with Gasteiger partial charge in [0.25, 0.3) is 5.89 Å². The summed E-state index contributed by atoms with van der Waals surface area (Å²) >= 11 is 0. The highest BCUT2D eigenvalue weighted by molar-refractivity contribution is 5.73. The minimum atomic E-state index is -0.422. The van der Waals surface area contributed by atoms with Gasteiger partial charge in [-0.3, -0.25) is 4.79 Å². The minimum Gasteiger partial charge on any atom is -0.497 e. The van der Waals surface area contributed by atoms with Crippen LogP contribution in [0.4, 0.5) is 0 Å². The molecule has 0 bridgehead atoms. The number of ether oxygens (including phenoxy) is 3. The lowest BCUT2D eigenvalue weighted by Gasteiger charge is -2.09. The molecule has 0 unspecified atom stereocenters. The van der Waals surface area contributed by atoms with E-state index < -0.39 is 5.97 Å². The second-order valence-electron chi connectivity index (χ2n) is 6.80. The number of benzene rings is 2. The van der Waals surface area contributed by atoms with Crippen LogP contribution in [0.1, 0.15) is 36.8 Å². The molecule has 0 saturated carbocycles. The molecule has 3 rings (SSSR count). The Labute approximate surface area is 169 Å². The van der Waals surface area contributed by atoms with E-state index in [0.717, 1.165) is 5.56 Å². The Morgan fingerprint density at radius 3 is 2.48 bits per heavy atom. The van der Waals surface area contributed by atoms with E-state index in [1.807, 2.05) is 24.3 Å². The van der Waals surface area contributed by atoms with E-state index in [-0.39, 0.29) is 18.9 Å². The summed E-state index contributed by atoms with van der Waals surface area (Å²) in [4.78, 5) is 16.5. The predicted octanol–water partition coefficient (Wildman–Crippen LogP) is 4.16.